The Kier molecular flexibility index (Phi) is 6.41. The number of ether oxygens (including phenoxy) is 1. The van der Waals surface area contributed by atoms with Gasteiger partial charge in [-0.05, 0) is 23.6 Å². The van der Waals surface area contributed by atoms with Gasteiger partial charge >= 0.3 is 12.3 Å². The molecule has 0 aromatic heterocycles. The fourth-order valence-electron chi connectivity index (χ4n) is 1.90. The molecule has 2 N–H and O–H groups in total. The first-order valence-electron chi connectivity index (χ1n) is 6.99. The van der Waals surface area contributed by atoms with E-state index in [1.54, 1.807) is 6.92 Å². The van der Waals surface area contributed by atoms with Gasteiger partial charge in [-0.2, -0.15) is 0 Å². The molecule has 23 heavy (non-hydrogen) atoms. The van der Waals surface area contributed by atoms with E-state index in [4.69, 9.17) is 5.11 Å². The number of carboxylic acids is 1. The van der Waals surface area contributed by atoms with E-state index in [-0.39, 0.29) is 18.1 Å². The standard InChI is InChI=1S/C15H18F3NO4/c1-3-9(2)13(14(21)22)19-12(20)8-10-4-6-11(7-5-10)23-15(16,17)18/h4-7,9,13H,3,8H2,1-2H3,(H,19,20)(H,21,22)/t9-,13-/m0/s1. The van der Waals surface area contributed by atoms with E-state index in [0.29, 0.717) is 12.0 Å². The minimum absolute atomic E-state index is 0.132. The first-order valence-corrected chi connectivity index (χ1v) is 6.99. The van der Waals surface area contributed by atoms with E-state index >= 15 is 0 Å². The second kappa shape index (κ2) is 7.85. The SMILES string of the molecule is CC[C@H](C)[C@H](NC(=O)Cc1ccc(OC(F)(F)F)cc1)C(=O)O. The molecule has 0 aliphatic heterocycles. The summed E-state index contributed by atoms with van der Waals surface area (Å²) in [6.45, 7) is 3.52. The number of carboxylic acid groups (broad SMARTS) is 1. The average molecular weight is 333 g/mol. The third kappa shape index (κ3) is 6.58. The van der Waals surface area contributed by atoms with Crippen LogP contribution in [0.3, 0.4) is 0 Å². The first-order chi connectivity index (χ1) is 10.6. The Hall–Kier alpha value is -2.25. The topological polar surface area (TPSA) is 75.6 Å². The van der Waals surface area contributed by atoms with Crippen molar-refractivity contribution in [3.8, 4) is 5.75 Å². The molecule has 1 aromatic rings. The predicted molar refractivity (Wildman–Crippen MR) is 75.9 cm³/mol. The van der Waals surface area contributed by atoms with Crippen LogP contribution >= 0.6 is 0 Å². The Morgan fingerprint density at radius 1 is 1.26 bits per heavy atom. The third-order valence-corrected chi connectivity index (χ3v) is 3.32. The van der Waals surface area contributed by atoms with Gasteiger partial charge in [0.15, 0.2) is 0 Å². The summed E-state index contributed by atoms with van der Waals surface area (Å²) in [5.41, 5.74) is 0.449. The predicted octanol–water partition coefficient (Wildman–Crippen LogP) is 2.74. The van der Waals surface area contributed by atoms with Gasteiger partial charge in [-0.1, -0.05) is 32.4 Å². The Morgan fingerprint density at radius 3 is 2.26 bits per heavy atom. The fraction of sp³-hybridized carbons (Fsp3) is 0.467. The summed E-state index contributed by atoms with van der Waals surface area (Å²) < 4.78 is 39.8. The Bertz CT molecular complexity index is 543. The molecule has 0 fully saturated rings. The number of nitrogens with one attached hydrogen (secondary N) is 1. The van der Waals surface area contributed by atoms with Crippen molar-refractivity contribution in [2.45, 2.75) is 39.1 Å². The fourth-order valence-corrected chi connectivity index (χ4v) is 1.90. The molecule has 1 aromatic carbocycles. The highest BCUT2D eigenvalue weighted by Crippen LogP contribution is 2.22. The van der Waals surface area contributed by atoms with Crippen molar-refractivity contribution in [1.29, 1.82) is 0 Å². The van der Waals surface area contributed by atoms with Crippen molar-refractivity contribution < 1.29 is 32.6 Å². The summed E-state index contributed by atoms with van der Waals surface area (Å²) in [5.74, 6) is -2.26. The summed E-state index contributed by atoms with van der Waals surface area (Å²) >= 11 is 0. The smallest absolute Gasteiger partial charge is 0.480 e. The second-order valence-electron chi connectivity index (χ2n) is 5.14. The molecule has 0 saturated carbocycles. The number of carbonyl (C=O) groups is 2. The van der Waals surface area contributed by atoms with Crippen LogP contribution in [-0.4, -0.2) is 29.4 Å². The normalized spacial score (nSPS) is 14.0. The first kappa shape index (κ1) is 18.8. The maximum Gasteiger partial charge on any atom is 0.573 e. The van der Waals surface area contributed by atoms with Gasteiger partial charge in [-0.3, -0.25) is 4.79 Å². The number of hydrogen-bond donors (Lipinski definition) is 2. The number of amides is 1. The van der Waals surface area contributed by atoms with Crippen molar-refractivity contribution in [3.05, 3.63) is 29.8 Å². The summed E-state index contributed by atoms with van der Waals surface area (Å²) in [6.07, 6.45) is -4.32. The van der Waals surface area contributed by atoms with E-state index in [1.807, 2.05) is 6.92 Å². The van der Waals surface area contributed by atoms with Crippen LogP contribution in [0.15, 0.2) is 24.3 Å². The van der Waals surface area contributed by atoms with Crippen LogP contribution in [0.25, 0.3) is 0 Å². The molecule has 1 amide bonds. The van der Waals surface area contributed by atoms with Gasteiger partial charge < -0.3 is 15.2 Å². The zero-order valence-electron chi connectivity index (χ0n) is 12.7. The van der Waals surface area contributed by atoms with Gasteiger partial charge in [-0.25, -0.2) is 4.79 Å². The molecule has 0 spiro atoms. The van der Waals surface area contributed by atoms with Crippen molar-refractivity contribution in [2.24, 2.45) is 5.92 Å². The van der Waals surface area contributed by atoms with E-state index in [2.05, 4.69) is 10.1 Å². The molecule has 128 valence electrons. The molecule has 0 saturated heterocycles. The van der Waals surface area contributed by atoms with Crippen molar-refractivity contribution in [2.75, 3.05) is 0 Å². The number of aliphatic carboxylic acids is 1. The second-order valence-corrected chi connectivity index (χ2v) is 5.14. The minimum Gasteiger partial charge on any atom is -0.480 e. The van der Waals surface area contributed by atoms with Gasteiger partial charge in [0, 0.05) is 0 Å². The lowest BCUT2D eigenvalue weighted by Crippen LogP contribution is -2.45. The van der Waals surface area contributed by atoms with Crippen LogP contribution in [-0.2, 0) is 16.0 Å². The van der Waals surface area contributed by atoms with E-state index in [1.165, 1.54) is 12.1 Å². The summed E-state index contributed by atoms with van der Waals surface area (Å²) in [5, 5.41) is 11.5. The van der Waals surface area contributed by atoms with Crippen LogP contribution < -0.4 is 10.1 Å². The van der Waals surface area contributed by atoms with E-state index < -0.39 is 24.3 Å². The number of carbonyl (C=O) groups excluding carboxylic acids is 1. The highest BCUT2D eigenvalue weighted by molar-refractivity contribution is 5.85. The Morgan fingerprint density at radius 2 is 1.83 bits per heavy atom. The lowest BCUT2D eigenvalue weighted by atomic mass is 9.99. The molecule has 0 radical (unpaired) electrons. The molecule has 0 heterocycles. The molecular weight excluding hydrogens is 315 g/mol. The van der Waals surface area contributed by atoms with Gasteiger partial charge in [0.2, 0.25) is 5.91 Å². The van der Waals surface area contributed by atoms with Crippen LogP contribution in [0.2, 0.25) is 0 Å². The van der Waals surface area contributed by atoms with E-state index in [0.717, 1.165) is 12.1 Å². The van der Waals surface area contributed by atoms with E-state index in [9.17, 15) is 22.8 Å². The van der Waals surface area contributed by atoms with Crippen LogP contribution in [0.4, 0.5) is 13.2 Å². The molecule has 0 unspecified atom stereocenters. The molecule has 0 aliphatic rings. The van der Waals surface area contributed by atoms with Gasteiger partial charge in [0.25, 0.3) is 0 Å². The molecule has 0 aliphatic carbocycles. The lowest BCUT2D eigenvalue weighted by molar-refractivity contribution is -0.274. The van der Waals surface area contributed by atoms with Gasteiger partial charge in [0.05, 0.1) is 6.42 Å². The van der Waals surface area contributed by atoms with Crippen molar-refractivity contribution >= 4 is 11.9 Å². The van der Waals surface area contributed by atoms with Gasteiger partial charge in [-0.15, -0.1) is 13.2 Å². The maximum atomic E-state index is 12.0. The summed E-state index contributed by atoms with van der Waals surface area (Å²) in [6, 6.07) is 3.83. The third-order valence-electron chi connectivity index (χ3n) is 3.32. The number of hydrogen-bond acceptors (Lipinski definition) is 3. The molecule has 5 nitrogen and oxygen atoms in total. The number of alkyl halides is 3. The Balaban J connectivity index is 2.65. The summed E-state index contributed by atoms with van der Waals surface area (Å²) in [4.78, 5) is 23.0. The lowest BCUT2D eigenvalue weighted by Gasteiger charge is -2.20. The average Bonchev–Trinajstić information content (AvgIpc) is 2.44. The van der Waals surface area contributed by atoms with Crippen molar-refractivity contribution in [1.82, 2.24) is 5.32 Å². The van der Waals surface area contributed by atoms with Crippen molar-refractivity contribution in [3.63, 3.8) is 0 Å². The molecule has 0 bridgehead atoms. The molecular formula is C15H18F3NO4. The minimum atomic E-state index is -4.77. The van der Waals surface area contributed by atoms with Crippen LogP contribution in [0.5, 0.6) is 5.75 Å². The zero-order valence-corrected chi connectivity index (χ0v) is 12.7. The Labute approximate surface area is 131 Å². The maximum absolute atomic E-state index is 12.0. The van der Waals surface area contributed by atoms with Crippen LogP contribution in [0, 0.1) is 5.92 Å². The number of benzene rings is 1. The molecule has 8 heteroatoms. The molecule has 1 rings (SSSR count). The number of halogens is 3. The number of rotatable bonds is 7. The zero-order chi connectivity index (χ0) is 17.6. The monoisotopic (exact) mass is 333 g/mol. The summed E-state index contributed by atoms with van der Waals surface area (Å²) in [7, 11) is 0. The largest absolute Gasteiger partial charge is 0.573 e. The molecule has 2 atom stereocenters. The highest BCUT2D eigenvalue weighted by atomic mass is 19.4. The van der Waals surface area contributed by atoms with Gasteiger partial charge in [0.1, 0.15) is 11.8 Å². The quantitative estimate of drug-likeness (QED) is 0.804. The van der Waals surface area contributed by atoms with Crippen LogP contribution in [0.1, 0.15) is 25.8 Å². The highest BCUT2D eigenvalue weighted by Gasteiger charge is 2.31.